The molecule has 0 atom stereocenters. The molecule has 0 spiro atoms. The van der Waals surface area contributed by atoms with Gasteiger partial charge in [0.15, 0.2) is 6.61 Å². The summed E-state index contributed by atoms with van der Waals surface area (Å²) in [4.78, 5) is 27.3. The van der Waals surface area contributed by atoms with Gasteiger partial charge in [0.2, 0.25) is 0 Å². The first-order valence-corrected chi connectivity index (χ1v) is 8.12. The summed E-state index contributed by atoms with van der Waals surface area (Å²) < 4.78 is 15.1. The molecule has 0 bridgehead atoms. The number of carbonyl (C=O) groups excluding carboxylic acids is 2. The van der Waals surface area contributed by atoms with E-state index in [1.165, 1.54) is 7.11 Å². The van der Waals surface area contributed by atoms with Crippen LogP contribution in [0.4, 0.5) is 5.69 Å². The van der Waals surface area contributed by atoms with E-state index >= 15 is 0 Å². The highest BCUT2D eigenvalue weighted by Gasteiger charge is 2.06. The van der Waals surface area contributed by atoms with Crippen molar-refractivity contribution >= 4 is 23.8 Å². The standard InChI is InChI=1S/C20H21NO5/c1-14(2)26-19(22)13-25-18-9-7-15(8-10-18)12-21-17-6-4-5-16(11-17)20(23)24-3/h4-12,14H,13H2,1-3H3. The number of methoxy groups -OCH3 is 1. The molecular formula is C20H21NO5. The zero-order valence-electron chi connectivity index (χ0n) is 15.0. The first-order chi connectivity index (χ1) is 12.5. The molecule has 0 saturated carbocycles. The summed E-state index contributed by atoms with van der Waals surface area (Å²) in [5.74, 6) is -0.244. The Balaban J connectivity index is 1.95. The zero-order chi connectivity index (χ0) is 18.9. The van der Waals surface area contributed by atoms with Crippen LogP contribution < -0.4 is 4.74 Å². The molecule has 0 amide bonds. The summed E-state index contributed by atoms with van der Waals surface area (Å²) in [7, 11) is 1.34. The van der Waals surface area contributed by atoms with Crippen LogP contribution in [0.2, 0.25) is 0 Å². The maximum Gasteiger partial charge on any atom is 0.344 e. The highest BCUT2D eigenvalue weighted by atomic mass is 16.6. The van der Waals surface area contributed by atoms with Crippen molar-refractivity contribution < 1.29 is 23.8 Å². The second kappa shape index (κ2) is 9.36. The van der Waals surface area contributed by atoms with Gasteiger partial charge in [-0.05, 0) is 61.9 Å². The number of rotatable bonds is 7. The van der Waals surface area contributed by atoms with Crippen LogP contribution >= 0.6 is 0 Å². The minimum atomic E-state index is -0.406. The minimum Gasteiger partial charge on any atom is -0.482 e. The van der Waals surface area contributed by atoms with Crippen molar-refractivity contribution in [1.82, 2.24) is 0 Å². The maximum atomic E-state index is 11.5. The van der Waals surface area contributed by atoms with Crippen LogP contribution in [0.15, 0.2) is 53.5 Å². The van der Waals surface area contributed by atoms with E-state index in [1.54, 1.807) is 56.5 Å². The first kappa shape index (κ1) is 19.2. The SMILES string of the molecule is COC(=O)c1cccc(N=Cc2ccc(OCC(=O)OC(C)C)cc2)c1. The highest BCUT2D eigenvalue weighted by molar-refractivity contribution is 5.90. The molecule has 0 heterocycles. The molecule has 0 N–H and O–H groups in total. The van der Waals surface area contributed by atoms with Gasteiger partial charge in [-0.15, -0.1) is 0 Å². The van der Waals surface area contributed by atoms with E-state index in [1.807, 2.05) is 12.1 Å². The Morgan fingerprint density at radius 3 is 2.50 bits per heavy atom. The largest absolute Gasteiger partial charge is 0.482 e. The zero-order valence-corrected chi connectivity index (χ0v) is 15.0. The minimum absolute atomic E-state index is 0.133. The predicted molar refractivity (Wildman–Crippen MR) is 98.2 cm³/mol. The van der Waals surface area contributed by atoms with E-state index in [0.717, 1.165) is 5.56 Å². The van der Waals surface area contributed by atoms with E-state index in [0.29, 0.717) is 17.0 Å². The van der Waals surface area contributed by atoms with E-state index < -0.39 is 11.9 Å². The Bertz CT molecular complexity index is 781. The lowest BCUT2D eigenvalue weighted by atomic mass is 10.2. The molecule has 6 nitrogen and oxygen atoms in total. The summed E-state index contributed by atoms with van der Waals surface area (Å²) in [5.41, 5.74) is 1.94. The number of nitrogens with zero attached hydrogens (tertiary/aromatic N) is 1. The molecule has 0 unspecified atom stereocenters. The van der Waals surface area contributed by atoms with Gasteiger partial charge in [-0.25, -0.2) is 9.59 Å². The van der Waals surface area contributed by atoms with Crippen molar-refractivity contribution in [1.29, 1.82) is 0 Å². The van der Waals surface area contributed by atoms with Crippen molar-refractivity contribution in [2.75, 3.05) is 13.7 Å². The highest BCUT2D eigenvalue weighted by Crippen LogP contribution is 2.16. The molecule has 0 aromatic heterocycles. The molecule has 2 aromatic carbocycles. The van der Waals surface area contributed by atoms with Crippen LogP contribution in [0.3, 0.4) is 0 Å². The van der Waals surface area contributed by atoms with Gasteiger partial charge in [0, 0.05) is 6.21 Å². The number of hydrogen-bond donors (Lipinski definition) is 0. The van der Waals surface area contributed by atoms with Gasteiger partial charge in [-0.2, -0.15) is 0 Å². The van der Waals surface area contributed by atoms with Gasteiger partial charge in [0.25, 0.3) is 0 Å². The van der Waals surface area contributed by atoms with Crippen LogP contribution in [0.1, 0.15) is 29.8 Å². The number of ether oxygens (including phenoxy) is 3. The van der Waals surface area contributed by atoms with Crippen LogP contribution in [0.25, 0.3) is 0 Å². The summed E-state index contributed by atoms with van der Waals surface area (Å²) in [6.07, 6.45) is 1.51. The van der Waals surface area contributed by atoms with E-state index in [-0.39, 0.29) is 12.7 Å². The van der Waals surface area contributed by atoms with Gasteiger partial charge in [-0.3, -0.25) is 4.99 Å². The number of hydrogen-bond acceptors (Lipinski definition) is 6. The van der Waals surface area contributed by atoms with Crippen LogP contribution in [-0.2, 0) is 14.3 Å². The summed E-state index contributed by atoms with van der Waals surface area (Å²) in [6, 6.07) is 14.0. The third-order valence-electron chi connectivity index (χ3n) is 3.23. The van der Waals surface area contributed by atoms with Crippen molar-refractivity contribution in [3.63, 3.8) is 0 Å². The molecule has 136 valence electrons. The quantitative estimate of drug-likeness (QED) is 0.561. The Kier molecular flexibility index (Phi) is 6.91. The van der Waals surface area contributed by atoms with Gasteiger partial charge in [0.1, 0.15) is 5.75 Å². The normalized spacial score (nSPS) is 10.8. The fraction of sp³-hybridized carbons (Fsp3) is 0.250. The number of carbonyl (C=O) groups is 2. The van der Waals surface area contributed by atoms with E-state index in [9.17, 15) is 9.59 Å². The molecule has 0 aliphatic rings. The molecule has 0 fully saturated rings. The van der Waals surface area contributed by atoms with Gasteiger partial charge in [-0.1, -0.05) is 6.07 Å². The number of esters is 2. The third-order valence-corrected chi connectivity index (χ3v) is 3.23. The Morgan fingerprint density at radius 2 is 1.85 bits per heavy atom. The molecule has 6 heteroatoms. The fourth-order valence-electron chi connectivity index (χ4n) is 2.07. The molecule has 2 aromatic rings. The van der Waals surface area contributed by atoms with Crippen LogP contribution in [0, 0.1) is 0 Å². The molecule has 2 rings (SSSR count). The number of aliphatic imine (C=N–C) groups is 1. The van der Waals surface area contributed by atoms with E-state index in [2.05, 4.69) is 4.99 Å². The lowest BCUT2D eigenvalue weighted by Gasteiger charge is -2.09. The molecular weight excluding hydrogens is 334 g/mol. The average Bonchev–Trinajstić information content (AvgIpc) is 2.64. The van der Waals surface area contributed by atoms with Crippen molar-refractivity contribution in [2.24, 2.45) is 4.99 Å². The van der Waals surface area contributed by atoms with Gasteiger partial charge in [0.05, 0.1) is 24.5 Å². The molecule has 26 heavy (non-hydrogen) atoms. The van der Waals surface area contributed by atoms with Crippen LogP contribution in [0.5, 0.6) is 5.75 Å². The summed E-state index contributed by atoms with van der Waals surface area (Å²) in [6.45, 7) is 3.44. The number of benzene rings is 2. The van der Waals surface area contributed by atoms with Gasteiger partial charge < -0.3 is 14.2 Å². The van der Waals surface area contributed by atoms with Crippen molar-refractivity contribution in [3.8, 4) is 5.75 Å². The Morgan fingerprint density at radius 1 is 1.12 bits per heavy atom. The van der Waals surface area contributed by atoms with Crippen molar-refractivity contribution in [2.45, 2.75) is 20.0 Å². The fourth-order valence-corrected chi connectivity index (χ4v) is 2.07. The molecule has 0 radical (unpaired) electrons. The lowest BCUT2D eigenvalue weighted by Crippen LogP contribution is -2.18. The van der Waals surface area contributed by atoms with Crippen molar-refractivity contribution in [3.05, 3.63) is 59.7 Å². The first-order valence-electron chi connectivity index (χ1n) is 8.12. The third kappa shape index (κ3) is 6.05. The summed E-state index contributed by atoms with van der Waals surface area (Å²) in [5, 5.41) is 0. The Hall–Kier alpha value is -3.15. The summed E-state index contributed by atoms with van der Waals surface area (Å²) >= 11 is 0. The van der Waals surface area contributed by atoms with Gasteiger partial charge >= 0.3 is 11.9 Å². The second-order valence-corrected chi connectivity index (χ2v) is 5.70. The second-order valence-electron chi connectivity index (χ2n) is 5.70. The van der Waals surface area contributed by atoms with Crippen LogP contribution in [-0.4, -0.2) is 38.0 Å². The average molecular weight is 355 g/mol. The smallest absolute Gasteiger partial charge is 0.344 e. The Labute approximate surface area is 152 Å². The lowest BCUT2D eigenvalue weighted by molar-refractivity contribution is -0.149. The molecule has 0 aliphatic heterocycles. The molecule has 0 saturated heterocycles. The van der Waals surface area contributed by atoms with E-state index in [4.69, 9.17) is 14.2 Å². The molecule has 0 aliphatic carbocycles. The maximum absolute atomic E-state index is 11.5. The predicted octanol–water partition coefficient (Wildman–Crippen LogP) is 3.55. The monoisotopic (exact) mass is 355 g/mol. The topological polar surface area (TPSA) is 74.2 Å².